The Bertz CT molecular complexity index is 572. The molecule has 1 aliphatic rings. The largest absolute Gasteiger partial charge is 0.337 e. The average Bonchev–Trinajstić information content (AvgIpc) is 2.32. The Kier molecular flexibility index (Phi) is 3.63. The molecule has 0 aromatic heterocycles. The smallest absolute Gasteiger partial charge is 0.253 e. The van der Waals surface area contributed by atoms with Gasteiger partial charge in [0.2, 0.25) is 0 Å². The summed E-state index contributed by atoms with van der Waals surface area (Å²) in [4.78, 5) is 13.6. The van der Waals surface area contributed by atoms with Gasteiger partial charge in [0.25, 0.3) is 5.91 Å². The van der Waals surface area contributed by atoms with E-state index in [0.717, 1.165) is 0 Å². The zero-order valence-electron chi connectivity index (χ0n) is 9.47. The first-order valence-electron chi connectivity index (χ1n) is 5.37. The van der Waals surface area contributed by atoms with Gasteiger partial charge in [-0.15, -0.1) is 12.6 Å². The Hall–Kier alpha value is -1.08. The molecule has 0 atom stereocenters. The molecule has 18 heavy (non-hydrogen) atoms. The highest BCUT2D eigenvalue weighted by Crippen LogP contribution is 2.16. The minimum atomic E-state index is -3.02. The third-order valence-electron chi connectivity index (χ3n) is 2.82. The molecule has 0 N–H and O–H groups in total. The number of hydrogen-bond acceptors (Lipinski definition) is 4. The van der Waals surface area contributed by atoms with Gasteiger partial charge in [-0.3, -0.25) is 4.79 Å². The highest BCUT2D eigenvalue weighted by Gasteiger charge is 2.25. The summed E-state index contributed by atoms with van der Waals surface area (Å²) in [6.07, 6.45) is 0. The Balaban J connectivity index is 2.15. The van der Waals surface area contributed by atoms with Crippen molar-refractivity contribution < 1.29 is 17.6 Å². The third-order valence-corrected chi connectivity index (χ3v) is 4.78. The Morgan fingerprint density at radius 2 is 1.89 bits per heavy atom. The van der Waals surface area contributed by atoms with E-state index < -0.39 is 15.7 Å². The molecule has 2 rings (SSSR count). The van der Waals surface area contributed by atoms with Crippen molar-refractivity contribution >= 4 is 28.4 Å². The number of sulfone groups is 1. The average molecular weight is 289 g/mol. The number of carbonyl (C=O) groups excluding carboxylic acids is 1. The van der Waals surface area contributed by atoms with Gasteiger partial charge in [-0.1, -0.05) is 0 Å². The van der Waals surface area contributed by atoms with Gasteiger partial charge >= 0.3 is 0 Å². The van der Waals surface area contributed by atoms with Crippen molar-refractivity contribution in [3.8, 4) is 0 Å². The van der Waals surface area contributed by atoms with E-state index in [-0.39, 0.29) is 35.4 Å². The molecule has 1 aliphatic heterocycles. The normalized spacial score (nSPS) is 18.7. The Morgan fingerprint density at radius 3 is 2.44 bits per heavy atom. The van der Waals surface area contributed by atoms with Crippen molar-refractivity contribution in [1.82, 2.24) is 4.90 Å². The second-order valence-corrected chi connectivity index (χ2v) is 6.90. The summed E-state index contributed by atoms with van der Waals surface area (Å²) in [7, 11) is -3.02. The second kappa shape index (κ2) is 4.89. The number of hydrogen-bond donors (Lipinski definition) is 1. The van der Waals surface area contributed by atoms with Crippen LogP contribution in [0.1, 0.15) is 10.4 Å². The summed E-state index contributed by atoms with van der Waals surface area (Å²) in [6.45, 7) is 0.362. The highest BCUT2D eigenvalue weighted by atomic mass is 32.2. The van der Waals surface area contributed by atoms with Gasteiger partial charge in [-0.05, 0) is 18.2 Å². The van der Waals surface area contributed by atoms with E-state index in [1.807, 2.05) is 0 Å². The maximum absolute atomic E-state index is 13.0. The fourth-order valence-corrected chi connectivity index (χ4v) is 3.16. The lowest BCUT2D eigenvalue weighted by molar-refractivity contribution is 0.0770. The highest BCUT2D eigenvalue weighted by molar-refractivity contribution is 7.91. The van der Waals surface area contributed by atoms with Crippen molar-refractivity contribution in [1.29, 1.82) is 0 Å². The molecule has 98 valence electrons. The maximum atomic E-state index is 13.0. The van der Waals surface area contributed by atoms with Crippen molar-refractivity contribution in [2.75, 3.05) is 24.6 Å². The molecule has 1 amide bonds. The van der Waals surface area contributed by atoms with Crippen LogP contribution in [0.2, 0.25) is 0 Å². The summed E-state index contributed by atoms with van der Waals surface area (Å²) < 4.78 is 35.5. The van der Waals surface area contributed by atoms with E-state index in [2.05, 4.69) is 12.6 Å². The molecule has 1 fully saturated rings. The zero-order chi connectivity index (χ0) is 13.3. The predicted octanol–water partition coefficient (Wildman–Crippen LogP) is 0.985. The summed E-state index contributed by atoms with van der Waals surface area (Å²) in [5, 5.41) is 0. The minimum absolute atomic E-state index is 0.0202. The standard InChI is InChI=1S/C11H12FNO3S2/c12-9-2-1-8(7-10(9)17)11(14)13-3-5-18(15,16)6-4-13/h1-2,7,17H,3-6H2. The first kappa shape index (κ1) is 13.4. The van der Waals surface area contributed by atoms with Crippen LogP contribution in [-0.4, -0.2) is 43.8 Å². The van der Waals surface area contributed by atoms with Crippen LogP contribution in [0.5, 0.6) is 0 Å². The summed E-state index contributed by atoms with van der Waals surface area (Å²) >= 11 is 3.91. The van der Waals surface area contributed by atoms with E-state index >= 15 is 0 Å². The van der Waals surface area contributed by atoms with Crippen LogP contribution < -0.4 is 0 Å². The minimum Gasteiger partial charge on any atom is -0.337 e. The van der Waals surface area contributed by atoms with Crippen LogP contribution in [-0.2, 0) is 9.84 Å². The molecule has 0 unspecified atom stereocenters. The number of benzene rings is 1. The monoisotopic (exact) mass is 289 g/mol. The van der Waals surface area contributed by atoms with E-state index in [0.29, 0.717) is 5.56 Å². The van der Waals surface area contributed by atoms with E-state index in [9.17, 15) is 17.6 Å². The molecule has 0 radical (unpaired) electrons. The molecule has 1 saturated heterocycles. The van der Waals surface area contributed by atoms with Crippen LogP contribution in [0.4, 0.5) is 4.39 Å². The lowest BCUT2D eigenvalue weighted by atomic mass is 10.2. The number of rotatable bonds is 1. The van der Waals surface area contributed by atoms with Crippen LogP contribution in [0, 0.1) is 5.82 Å². The predicted molar refractivity (Wildman–Crippen MR) is 68.2 cm³/mol. The summed E-state index contributed by atoms with van der Waals surface area (Å²) in [6, 6.07) is 3.90. The number of carbonyl (C=O) groups is 1. The molecule has 1 heterocycles. The first-order chi connectivity index (χ1) is 8.39. The maximum Gasteiger partial charge on any atom is 0.253 e. The molecule has 1 aromatic carbocycles. The first-order valence-corrected chi connectivity index (χ1v) is 7.64. The van der Waals surface area contributed by atoms with E-state index in [4.69, 9.17) is 0 Å². The quantitative estimate of drug-likeness (QED) is 0.784. The molecule has 0 aliphatic carbocycles. The van der Waals surface area contributed by atoms with Crippen LogP contribution in [0.3, 0.4) is 0 Å². The molecule has 0 saturated carbocycles. The van der Waals surface area contributed by atoms with Gasteiger partial charge in [-0.25, -0.2) is 12.8 Å². The lowest BCUT2D eigenvalue weighted by Gasteiger charge is -2.26. The fraction of sp³-hybridized carbons (Fsp3) is 0.364. The number of amides is 1. The van der Waals surface area contributed by atoms with Gasteiger partial charge in [0.1, 0.15) is 5.82 Å². The van der Waals surface area contributed by atoms with Crippen LogP contribution in [0.15, 0.2) is 23.1 Å². The van der Waals surface area contributed by atoms with Gasteiger partial charge in [-0.2, -0.15) is 0 Å². The van der Waals surface area contributed by atoms with Crippen molar-refractivity contribution in [3.63, 3.8) is 0 Å². The van der Waals surface area contributed by atoms with Crippen LogP contribution >= 0.6 is 12.6 Å². The van der Waals surface area contributed by atoms with Gasteiger partial charge in [0, 0.05) is 23.5 Å². The van der Waals surface area contributed by atoms with Crippen molar-refractivity contribution in [3.05, 3.63) is 29.6 Å². The Morgan fingerprint density at radius 1 is 1.28 bits per heavy atom. The SMILES string of the molecule is O=C(c1ccc(F)c(S)c1)N1CCS(=O)(=O)CC1. The molecule has 7 heteroatoms. The molecule has 4 nitrogen and oxygen atoms in total. The van der Waals surface area contributed by atoms with E-state index in [1.165, 1.54) is 23.1 Å². The molecular weight excluding hydrogens is 277 g/mol. The number of halogens is 1. The van der Waals surface area contributed by atoms with Gasteiger partial charge in [0.05, 0.1) is 11.5 Å². The molecule has 0 spiro atoms. The fourth-order valence-electron chi connectivity index (χ4n) is 1.74. The third kappa shape index (κ3) is 2.84. The van der Waals surface area contributed by atoms with Crippen LogP contribution in [0.25, 0.3) is 0 Å². The second-order valence-electron chi connectivity index (χ2n) is 4.11. The molecular formula is C11H12FNO3S2. The van der Waals surface area contributed by atoms with Gasteiger partial charge < -0.3 is 4.90 Å². The lowest BCUT2D eigenvalue weighted by Crippen LogP contribution is -2.43. The Labute approximate surface area is 110 Å². The molecule has 0 bridgehead atoms. The topological polar surface area (TPSA) is 54.5 Å². The van der Waals surface area contributed by atoms with Gasteiger partial charge in [0.15, 0.2) is 9.84 Å². The van der Waals surface area contributed by atoms with Crippen molar-refractivity contribution in [2.24, 2.45) is 0 Å². The zero-order valence-corrected chi connectivity index (χ0v) is 11.2. The number of thiol groups is 1. The molecule has 1 aromatic rings. The number of nitrogens with zero attached hydrogens (tertiary/aromatic N) is 1. The summed E-state index contributed by atoms with van der Waals surface area (Å²) in [5.41, 5.74) is 0.320. The summed E-state index contributed by atoms with van der Waals surface area (Å²) in [5.74, 6) is -0.822. The van der Waals surface area contributed by atoms with E-state index in [1.54, 1.807) is 0 Å². The van der Waals surface area contributed by atoms with Crippen molar-refractivity contribution in [2.45, 2.75) is 4.90 Å².